The molecule has 1 aromatic carbocycles. The Morgan fingerprint density at radius 1 is 1.21 bits per heavy atom. The molecule has 1 atom stereocenters. The van der Waals surface area contributed by atoms with Crippen molar-refractivity contribution in [2.45, 2.75) is 38.8 Å². The summed E-state index contributed by atoms with van der Waals surface area (Å²) in [6, 6.07) is 13.1. The van der Waals surface area contributed by atoms with Crippen LogP contribution in [-0.2, 0) is 22.5 Å². The second kappa shape index (κ2) is 9.93. The van der Waals surface area contributed by atoms with Gasteiger partial charge in [0, 0.05) is 37.8 Å². The molecule has 1 unspecified atom stereocenters. The summed E-state index contributed by atoms with van der Waals surface area (Å²) >= 11 is 0. The second-order valence-electron chi connectivity index (χ2n) is 6.87. The third kappa shape index (κ3) is 5.26. The van der Waals surface area contributed by atoms with Crippen molar-refractivity contribution in [2.75, 3.05) is 13.7 Å². The molecule has 7 heteroatoms. The molecule has 0 bridgehead atoms. The quantitative estimate of drug-likeness (QED) is 0.562. The van der Waals surface area contributed by atoms with Crippen molar-refractivity contribution < 1.29 is 9.53 Å². The Kier molecular flexibility index (Phi) is 7.08. The number of para-hydroxylation sites is 1. The summed E-state index contributed by atoms with van der Waals surface area (Å²) in [5, 5.41) is 4.01. The van der Waals surface area contributed by atoms with Crippen LogP contribution < -0.4 is 10.9 Å². The maximum atomic E-state index is 13.1. The van der Waals surface area contributed by atoms with Gasteiger partial charge in [-0.05, 0) is 37.6 Å². The van der Waals surface area contributed by atoms with Crippen LogP contribution in [0.5, 0.6) is 0 Å². The Balaban J connectivity index is 1.80. The first-order valence-corrected chi connectivity index (χ1v) is 9.79. The Hall–Kier alpha value is -3.06. The Morgan fingerprint density at radius 2 is 2.00 bits per heavy atom. The van der Waals surface area contributed by atoms with E-state index in [-0.39, 0.29) is 24.0 Å². The molecule has 0 aliphatic carbocycles. The van der Waals surface area contributed by atoms with Gasteiger partial charge >= 0.3 is 5.97 Å². The summed E-state index contributed by atoms with van der Waals surface area (Å²) in [6.07, 6.45) is 3.34. The molecule has 0 aliphatic heterocycles. The summed E-state index contributed by atoms with van der Waals surface area (Å²) in [7, 11) is 1.37. The minimum Gasteiger partial charge on any atom is -0.469 e. The van der Waals surface area contributed by atoms with Gasteiger partial charge in [-0.25, -0.2) is 4.98 Å². The van der Waals surface area contributed by atoms with Crippen LogP contribution in [0.2, 0.25) is 0 Å². The molecule has 2 aromatic heterocycles. The number of ether oxygens (including phenoxy) is 1. The molecule has 2 heterocycles. The van der Waals surface area contributed by atoms with Crippen molar-refractivity contribution >= 4 is 16.9 Å². The van der Waals surface area contributed by atoms with Crippen molar-refractivity contribution in [1.29, 1.82) is 0 Å². The predicted octanol–water partition coefficient (Wildman–Crippen LogP) is 2.64. The highest BCUT2D eigenvalue weighted by Crippen LogP contribution is 2.15. The van der Waals surface area contributed by atoms with Crippen LogP contribution in [0.4, 0.5) is 0 Å². The average Bonchev–Trinajstić information content (AvgIpc) is 2.75. The lowest BCUT2D eigenvalue weighted by Crippen LogP contribution is -2.32. The molecule has 0 spiro atoms. The predicted molar refractivity (Wildman–Crippen MR) is 112 cm³/mol. The van der Waals surface area contributed by atoms with E-state index in [1.165, 1.54) is 7.11 Å². The fraction of sp³-hybridized carbons (Fsp3) is 0.364. The van der Waals surface area contributed by atoms with Crippen molar-refractivity contribution in [1.82, 2.24) is 19.9 Å². The molecular weight excluding hydrogens is 368 g/mol. The molecule has 0 aliphatic rings. The van der Waals surface area contributed by atoms with Gasteiger partial charge in [0.15, 0.2) is 0 Å². The first-order valence-electron chi connectivity index (χ1n) is 9.79. The highest BCUT2D eigenvalue weighted by molar-refractivity contribution is 5.77. The zero-order valence-electron chi connectivity index (χ0n) is 16.8. The summed E-state index contributed by atoms with van der Waals surface area (Å²) in [4.78, 5) is 33.6. The number of carbonyl (C=O) groups is 1. The molecule has 0 amide bonds. The fourth-order valence-electron chi connectivity index (χ4n) is 3.27. The molecule has 3 aromatic rings. The summed E-state index contributed by atoms with van der Waals surface area (Å²) in [5.74, 6) is 0.384. The standard InChI is InChI=1S/C22H26N4O3/c1-16(23-14-12-17-8-5-6-13-24-17)21-25-19-10-4-3-9-18(19)22(28)26(21)15-7-11-20(27)29-2/h3-6,8-10,13,16,23H,7,11-12,14-15H2,1-2H3. The average molecular weight is 394 g/mol. The van der Waals surface area contributed by atoms with Gasteiger partial charge in [-0.3, -0.25) is 19.1 Å². The van der Waals surface area contributed by atoms with E-state index in [1.807, 2.05) is 43.3 Å². The van der Waals surface area contributed by atoms with Crippen LogP contribution in [0.15, 0.2) is 53.5 Å². The third-order valence-corrected chi connectivity index (χ3v) is 4.83. The van der Waals surface area contributed by atoms with Gasteiger partial charge in [-0.15, -0.1) is 0 Å². The van der Waals surface area contributed by atoms with E-state index in [0.717, 1.165) is 12.1 Å². The maximum absolute atomic E-state index is 13.1. The normalized spacial score (nSPS) is 12.1. The highest BCUT2D eigenvalue weighted by Gasteiger charge is 2.16. The summed E-state index contributed by atoms with van der Waals surface area (Å²) in [5.41, 5.74) is 1.60. The van der Waals surface area contributed by atoms with E-state index < -0.39 is 0 Å². The highest BCUT2D eigenvalue weighted by atomic mass is 16.5. The lowest BCUT2D eigenvalue weighted by Gasteiger charge is -2.19. The molecule has 3 rings (SSSR count). The van der Waals surface area contributed by atoms with Gasteiger partial charge in [-0.2, -0.15) is 0 Å². The molecule has 152 valence electrons. The van der Waals surface area contributed by atoms with Crippen molar-refractivity contribution in [3.63, 3.8) is 0 Å². The number of hydrogen-bond donors (Lipinski definition) is 1. The monoisotopic (exact) mass is 394 g/mol. The van der Waals surface area contributed by atoms with Gasteiger partial charge < -0.3 is 10.1 Å². The van der Waals surface area contributed by atoms with Crippen molar-refractivity contribution in [2.24, 2.45) is 0 Å². The number of carbonyl (C=O) groups excluding carboxylic acids is 1. The number of aromatic nitrogens is 3. The number of methoxy groups -OCH3 is 1. The van der Waals surface area contributed by atoms with E-state index in [9.17, 15) is 9.59 Å². The third-order valence-electron chi connectivity index (χ3n) is 4.83. The summed E-state index contributed by atoms with van der Waals surface area (Å²) < 4.78 is 6.37. The Labute approximate surface area is 169 Å². The number of pyridine rings is 1. The fourth-order valence-corrected chi connectivity index (χ4v) is 3.27. The zero-order valence-corrected chi connectivity index (χ0v) is 16.8. The lowest BCUT2D eigenvalue weighted by molar-refractivity contribution is -0.140. The lowest BCUT2D eigenvalue weighted by atomic mass is 10.2. The second-order valence-corrected chi connectivity index (χ2v) is 6.87. The van der Waals surface area contributed by atoms with Crippen LogP contribution >= 0.6 is 0 Å². The van der Waals surface area contributed by atoms with Gasteiger partial charge in [0.1, 0.15) is 5.82 Å². The minimum absolute atomic E-state index is 0.0890. The van der Waals surface area contributed by atoms with Crippen LogP contribution in [0.25, 0.3) is 10.9 Å². The van der Waals surface area contributed by atoms with Crippen molar-refractivity contribution in [3.8, 4) is 0 Å². The van der Waals surface area contributed by atoms with Gasteiger partial charge in [0.25, 0.3) is 5.56 Å². The van der Waals surface area contributed by atoms with Gasteiger partial charge in [0.2, 0.25) is 0 Å². The zero-order chi connectivity index (χ0) is 20.6. The first-order chi connectivity index (χ1) is 14.1. The van der Waals surface area contributed by atoms with Crippen LogP contribution in [0.3, 0.4) is 0 Å². The Morgan fingerprint density at radius 3 is 2.76 bits per heavy atom. The topological polar surface area (TPSA) is 86.1 Å². The largest absolute Gasteiger partial charge is 0.469 e. The molecule has 0 radical (unpaired) electrons. The van der Waals surface area contributed by atoms with E-state index in [0.29, 0.717) is 36.2 Å². The smallest absolute Gasteiger partial charge is 0.305 e. The molecule has 29 heavy (non-hydrogen) atoms. The molecule has 0 fully saturated rings. The van der Waals surface area contributed by atoms with E-state index in [1.54, 1.807) is 16.8 Å². The molecule has 0 saturated heterocycles. The minimum atomic E-state index is -0.283. The van der Waals surface area contributed by atoms with Crippen LogP contribution in [0.1, 0.15) is 37.3 Å². The number of benzene rings is 1. The number of nitrogens with zero attached hydrogens (tertiary/aromatic N) is 3. The van der Waals surface area contributed by atoms with Gasteiger partial charge in [-0.1, -0.05) is 18.2 Å². The number of rotatable bonds is 9. The number of esters is 1. The molecule has 7 nitrogen and oxygen atoms in total. The summed E-state index contributed by atoms with van der Waals surface area (Å²) in [6.45, 7) is 3.11. The number of hydrogen-bond acceptors (Lipinski definition) is 6. The van der Waals surface area contributed by atoms with E-state index in [2.05, 4.69) is 10.3 Å². The van der Waals surface area contributed by atoms with E-state index >= 15 is 0 Å². The molecular formula is C22H26N4O3. The maximum Gasteiger partial charge on any atom is 0.305 e. The van der Waals surface area contributed by atoms with Gasteiger partial charge in [0.05, 0.1) is 24.1 Å². The Bertz CT molecular complexity index is 1020. The van der Waals surface area contributed by atoms with Crippen LogP contribution in [-0.4, -0.2) is 34.2 Å². The number of fused-ring (bicyclic) bond motifs is 1. The molecule has 0 saturated carbocycles. The van der Waals surface area contributed by atoms with E-state index in [4.69, 9.17) is 9.72 Å². The SMILES string of the molecule is COC(=O)CCCn1c(C(C)NCCc2ccccn2)nc2ccccc2c1=O. The molecule has 1 N–H and O–H groups in total. The number of nitrogens with one attached hydrogen (secondary N) is 1. The first kappa shape index (κ1) is 20.7. The van der Waals surface area contributed by atoms with Crippen LogP contribution in [0, 0.1) is 0 Å². The van der Waals surface area contributed by atoms with Crippen molar-refractivity contribution in [3.05, 3.63) is 70.5 Å².